The van der Waals surface area contributed by atoms with Crippen molar-refractivity contribution in [2.24, 2.45) is 0 Å². The van der Waals surface area contributed by atoms with Crippen LogP contribution in [0.5, 0.6) is 17.2 Å². The fourth-order valence-corrected chi connectivity index (χ4v) is 2.06. The number of rotatable bonds is 0. The van der Waals surface area contributed by atoms with E-state index < -0.39 is 0 Å². The van der Waals surface area contributed by atoms with Crippen LogP contribution in [0.4, 0.5) is 5.69 Å². The third-order valence-electron chi connectivity index (χ3n) is 2.81. The van der Waals surface area contributed by atoms with E-state index in [1.165, 1.54) is 0 Å². The smallest absolute Gasteiger partial charge is 0.203 e. The molecule has 0 saturated carbocycles. The third kappa shape index (κ3) is 1.28. The molecule has 3 rings (SSSR count). The number of hydrogen-bond acceptors (Lipinski definition) is 4. The molecule has 0 atom stereocenters. The number of ether oxygens (including phenoxy) is 2. The Balaban J connectivity index is 2.15. The van der Waals surface area contributed by atoms with Gasteiger partial charge >= 0.3 is 0 Å². The summed E-state index contributed by atoms with van der Waals surface area (Å²) in [6.07, 6.45) is 1.70. The van der Waals surface area contributed by atoms with Crippen LogP contribution >= 0.6 is 0 Å². The summed E-state index contributed by atoms with van der Waals surface area (Å²) in [4.78, 5) is 0. The Kier molecular flexibility index (Phi) is 1.87. The predicted molar refractivity (Wildman–Crippen MR) is 55.9 cm³/mol. The summed E-state index contributed by atoms with van der Waals surface area (Å²) in [6.45, 7) is 2.11. The molecule has 1 aromatic carbocycles. The number of fused-ring (bicyclic) bond motifs is 2. The maximum absolute atomic E-state index is 10.0. The molecule has 80 valence electrons. The number of nitrogens with one attached hydrogen (secondary N) is 1. The molecule has 4 heteroatoms. The predicted octanol–water partition coefficient (Wildman–Crippen LogP) is 1.52. The highest BCUT2D eigenvalue weighted by Crippen LogP contribution is 2.46. The topological polar surface area (TPSA) is 50.7 Å². The Labute approximate surface area is 87.8 Å². The van der Waals surface area contributed by atoms with E-state index >= 15 is 0 Å². The lowest BCUT2D eigenvalue weighted by Crippen LogP contribution is -1.97. The van der Waals surface area contributed by atoms with E-state index in [2.05, 4.69) is 5.32 Å². The van der Waals surface area contributed by atoms with Gasteiger partial charge in [0.2, 0.25) is 5.75 Å². The Morgan fingerprint density at radius 2 is 2.13 bits per heavy atom. The lowest BCUT2D eigenvalue weighted by Gasteiger charge is -2.12. The number of phenolic OH excluding ortho intramolecular Hbond substituents is 1. The van der Waals surface area contributed by atoms with Crippen molar-refractivity contribution in [3.8, 4) is 17.2 Å². The second-order valence-electron chi connectivity index (χ2n) is 3.81. The summed E-state index contributed by atoms with van der Waals surface area (Å²) in [7, 11) is 0. The molecule has 2 aliphatic rings. The Morgan fingerprint density at radius 3 is 3.07 bits per heavy atom. The van der Waals surface area contributed by atoms with Crippen LogP contribution < -0.4 is 14.8 Å². The zero-order valence-corrected chi connectivity index (χ0v) is 8.38. The van der Waals surface area contributed by atoms with Crippen LogP contribution in [0.2, 0.25) is 0 Å². The van der Waals surface area contributed by atoms with Crippen LogP contribution in [0.3, 0.4) is 0 Å². The van der Waals surface area contributed by atoms with Gasteiger partial charge < -0.3 is 19.9 Å². The highest BCUT2D eigenvalue weighted by molar-refractivity contribution is 5.70. The molecule has 0 fully saturated rings. The van der Waals surface area contributed by atoms with Crippen LogP contribution in [0, 0.1) is 0 Å². The molecule has 0 aromatic heterocycles. The van der Waals surface area contributed by atoms with Gasteiger partial charge in [-0.1, -0.05) is 0 Å². The lowest BCUT2D eigenvalue weighted by atomic mass is 10.1. The van der Waals surface area contributed by atoms with Crippen molar-refractivity contribution in [3.63, 3.8) is 0 Å². The van der Waals surface area contributed by atoms with Crippen molar-refractivity contribution in [2.75, 3.05) is 25.1 Å². The van der Waals surface area contributed by atoms with E-state index in [9.17, 15) is 5.11 Å². The standard InChI is InChI=1S/C11H13NO3/c13-10-7-2-3-12-8(7)6-9-11(10)15-5-1-4-14-9/h6,12-13H,1-5H2. The van der Waals surface area contributed by atoms with E-state index in [0.29, 0.717) is 24.7 Å². The molecule has 2 heterocycles. The van der Waals surface area contributed by atoms with Gasteiger partial charge in [-0.25, -0.2) is 0 Å². The first kappa shape index (κ1) is 8.71. The molecule has 0 saturated heterocycles. The van der Waals surface area contributed by atoms with Crippen molar-refractivity contribution < 1.29 is 14.6 Å². The van der Waals surface area contributed by atoms with Crippen molar-refractivity contribution in [3.05, 3.63) is 11.6 Å². The average molecular weight is 207 g/mol. The highest BCUT2D eigenvalue weighted by atomic mass is 16.5. The van der Waals surface area contributed by atoms with E-state index in [1.54, 1.807) is 0 Å². The SMILES string of the molecule is Oc1c2c(cc3c1OCCCO3)NCC2. The Hall–Kier alpha value is -1.58. The maximum atomic E-state index is 10.0. The Bertz CT molecular complexity index is 403. The summed E-state index contributed by atoms with van der Waals surface area (Å²) in [6, 6.07) is 1.92. The summed E-state index contributed by atoms with van der Waals surface area (Å²) in [5.74, 6) is 1.41. The number of phenols is 1. The summed E-state index contributed by atoms with van der Waals surface area (Å²) >= 11 is 0. The van der Waals surface area contributed by atoms with Gasteiger partial charge in [0.15, 0.2) is 11.5 Å². The first-order valence-corrected chi connectivity index (χ1v) is 5.24. The highest BCUT2D eigenvalue weighted by Gasteiger charge is 2.24. The van der Waals surface area contributed by atoms with Crippen LogP contribution in [-0.4, -0.2) is 24.9 Å². The monoisotopic (exact) mass is 207 g/mol. The zero-order valence-electron chi connectivity index (χ0n) is 8.38. The fourth-order valence-electron chi connectivity index (χ4n) is 2.06. The molecule has 0 aliphatic carbocycles. The minimum absolute atomic E-state index is 0.245. The number of aromatic hydroxyl groups is 1. The van der Waals surface area contributed by atoms with Crippen LogP contribution in [-0.2, 0) is 6.42 Å². The van der Waals surface area contributed by atoms with Gasteiger partial charge in [-0.15, -0.1) is 0 Å². The number of hydrogen-bond donors (Lipinski definition) is 2. The second-order valence-corrected chi connectivity index (χ2v) is 3.81. The molecule has 0 bridgehead atoms. The van der Waals surface area contributed by atoms with Crippen LogP contribution in [0.25, 0.3) is 0 Å². The van der Waals surface area contributed by atoms with Crippen molar-refractivity contribution in [2.45, 2.75) is 12.8 Å². The fraction of sp³-hybridized carbons (Fsp3) is 0.455. The van der Waals surface area contributed by atoms with Gasteiger partial charge in [-0.2, -0.15) is 0 Å². The molecule has 1 aromatic rings. The van der Waals surface area contributed by atoms with Crippen molar-refractivity contribution in [1.82, 2.24) is 0 Å². The number of anilines is 1. The van der Waals surface area contributed by atoms with E-state index in [0.717, 1.165) is 30.6 Å². The zero-order chi connectivity index (χ0) is 10.3. The summed E-state index contributed by atoms with van der Waals surface area (Å²) < 4.78 is 11.0. The van der Waals surface area contributed by atoms with E-state index in [-0.39, 0.29) is 5.75 Å². The average Bonchev–Trinajstić information content (AvgIpc) is 2.56. The van der Waals surface area contributed by atoms with E-state index in [4.69, 9.17) is 9.47 Å². The third-order valence-corrected chi connectivity index (χ3v) is 2.81. The molecule has 2 N–H and O–H groups in total. The molecule has 2 aliphatic heterocycles. The minimum Gasteiger partial charge on any atom is -0.504 e. The lowest BCUT2D eigenvalue weighted by molar-refractivity contribution is 0.291. The molecular formula is C11H13NO3. The van der Waals surface area contributed by atoms with Gasteiger partial charge in [0, 0.05) is 30.3 Å². The summed E-state index contributed by atoms with van der Waals surface area (Å²) in [5.41, 5.74) is 1.91. The van der Waals surface area contributed by atoms with Crippen LogP contribution in [0.15, 0.2) is 6.07 Å². The maximum Gasteiger partial charge on any atom is 0.203 e. The molecule has 0 radical (unpaired) electrons. The van der Waals surface area contributed by atoms with Gasteiger partial charge in [0.25, 0.3) is 0 Å². The van der Waals surface area contributed by atoms with Gasteiger partial charge in [0.1, 0.15) is 0 Å². The quantitative estimate of drug-likeness (QED) is 0.677. The van der Waals surface area contributed by atoms with Crippen LogP contribution in [0.1, 0.15) is 12.0 Å². The normalized spacial score (nSPS) is 17.9. The minimum atomic E-state index is 0.245. The Morgan fingerprint density at radius 1 is 1.27 bits per heavy atom. The second kappa shape index (κ2) is 3.22. The van der Waals surface area contributed by atoms with E-state index in [1.807, 2.05) is 6.07 Å². The van der Waals surface area contributed by atoms with Crippen molar-refractivity contribution >= 4 is 5.69 Å². The first-order valence-electron chi connectivity index (χ1n) is 5.24. The molecule has 0 amide bonds. The molecule has 4 nitrogen and oxygen atoms in total. The molecule has 0 unspecified atom stereocenters. The first-order chi connectivity index (χ1) is 7.36. The molecule has 15 heavy (non-hydrogen) atoms. The van der Waals surface area contributed by atoms with Gasteiger partial charge in [-0.3, -0.25) is 0 Å². The molecule has 0 spiro atoms. The largest absolute Gasteiger partial charge is 0.504 e. The molecular weight excluding hydrogens is 194 g/mol. The summed E-state index contributed by atoms with van der Waals surface area (Å²) in [5, 5.41) is 13.3. The van der Waals surface area contributed by atoms with Crippen molar-refractivity contribution in [1.29, 1.82) is 0 Å². The van der Waals surface area contributed by atoms with Gasteiger partial charge in [0.05, 0.1) is 13.2 Å². The van der Waals surface area contributed by atoms with Gasteiger partial charge in [-0.05, 0) is 6.42 Å². The number of benzene rings is 1.